The average molecular weight is 628 g/mol. The fourth-order valence-electron chi connectivity index (χ4n) is 4.76. The van der Waals surface area contributed by atoms with Crippen LogP contribution in [-0.4, -0.2) is 9.97 Å². The first-order valence-corrected chi connectivity index (χ1v) is 13.6. The van der Waals surface area contributed by atoms with Crippen LogP contribution in [0.5, 0.6) is 11.5 Å². The van der Waals surface area contributed by atoms with Crippen molar-refractivity contribution in [2.24, 2.45) is 0 Å². The van der Waals surface area contributed by atoms with Crippen LogP contribution in [-0.2, 0) is 0 Å². The van der Waals surface area contributed by atoms with Crippen LogP contribution in [0.15, 0.2) is 169 Å². The van der Waals surface area contributed by atoms with E-state index in [0.29, 0.717) is 0 Å². The minimum atomic E-state index is -1.03. The van der Waals surface area contributed by atoms with E-state index in [1.807, 2.05) is 0 Å². The van der Waals surface area contributed by atoms with E-state index in [0.717, 1.165) is 6.07 Å². The van der Waals surface area contributed by atoms with Gasteiger partial charge in [0, 0.05) is 27.6 Å². The molecule has 0 saturated heterocycles. The molecule has 47 heavy (non-hydrogen) atoms. The van der Waals surface area contributed by atoms with E-state index in [4.69, 9.17) is 34.9 Å². The van der Waals surface area contributed by atoms with E-state index in [2.05, 4.69) is 9.97 Å². The van der Waals surface area contributed by atoms with Gasteiger partial charge in [0.2, 0.25) is 0 Å². The van der Waals surface area contributed by atoms with Gasteiger partial charge in [-0.1, -0.05) is 145 Å². The zero-order chi connectivity index (χ0) is 54.7. The molecular weight excluding hydrogens is 572 g/mol. The van der Waals surface area contributed by atoms with Crippen molar-refractivity contribution in [1.29, 1.82) is 0 Å². The standard InChI is InChI=1S/C44H28N2O/c1-3-9-29(10-4-1)30-17-21-33(22-18-30)40-28-39(32-11-5-2-6-12-32)45-44(46-40)35-23-19-31(20-24-35)36-25-26-41-38(27-36)37-15-7-13-34-14-8-16-42(47-41)43(34)37/h1-28H/i1D,2D,3D,4D,5D,6D,7D,8D,9D,10D,11D,12D,13D,14D,15D,16D,17D,18D,19D,20D,21D,22D,23D,24D,25D,26D,27D. The molecule has 9 rings (SSSR count). The van der Waals surface area contributed by atoms with Crippen LogP contribution in [0.3, 0.4) is 0 Å². The lowest BCUT2D eigenvalue weighted by atomic mass is 9.92. The summed E-state index contributed by atoms with van der Waals surface area (Å²) < 4.78 is 242. The number of fused-ring (bicyclic) bond motifs is 2. The predicted molar refractivity (Wildman–Crippen MR) is 192 cm³/mol. The Labute approximate surface area is 311 Å². The molecule has 0 atom stereocenters. The lowest BCUT2D eigenvalue weighted by molar-refractivity contribution is 0.487. The second-order valence-electron chi connectivity index (χ2n) is 9.72. The van der Waals surface area contributed by atoms with Crippen molar-refractivity contribution >= 4 is 10.8 Å². The molecule has 0 fully saturated rings. The topological polar surface area (TPSA) is 35.0 Å². The number of nitrogens with zero attached hydrogens (tertiary/aromatic N) is 2. The highest BCUT2D eigenvalue weighted by molar-refractivity contribution is 6.04. The molecular formula is C44H28N2O. The summed E-state index contributed by atoms with van der Waals surface area (Å²) in [4.78, 5) is 8.67. The summed E-state index contributed by atoms with van der Waals surface area (Å²) in [6, 6.07) is -22.4. The molecule has 0 unspecified atom stereocenters. The first-order valence-electron chi connectivity index (χ1n) is 27.1. The third kappa shape index (κ3) is 4.95. The van der Waals surface area contributed by atoms with E-state index in [1.54, 1.807) is 0 Å². The Balaban J connectivity index is 1.34. The Kier molecular flexibility index (Phi) is 2.67. The number of ether oxygens (including phenoxy) is 1. The van der Waals surface area contributed by atoms with Gasteiger partial charge in [-0.25, -0.2) is 9.97 Å². The summed E-state index contributed by atoms with van der Waals surface area (Å²) in [6.07, 6.45) is 0. The molecule has 3 heteroatoms. The van der Waals surface area contributed by atoms with E-state index in [1.165, 1.54) is 0 Å². The van der Waals surface area contributed by atoms with Gasteiger partial charge in [0.25, 0.3) is 0 Å². The maximum absolute atomic E-state index is 9.45. The van der Waals surface area contributed by atoms with E-state index < -0.39 is 247 Å². The van der Waals surface area contributed by atoms with E-state index >= 15 is 0 Å². The Morgan fingerprint density at radius 3 is 1.64 bits per heavy atom. The molecule has 0 radical (unpaired) electrons. The summed E-state index contributed by atoms with van der Waals surface area (Å²) in [5, 5.41) is -0.708. The van der Waals surface area contributed by atoms with Crippen molar-refractivity contribution in [3.63, 3.8) is 0 Å². The van der Waals surface area contributed by atoms with E-state index in [9.17, 15) is 6.85 Å². The number of rotatable bonds is 5. The number of hydrogen-bond donors (Lipinski definition) is 0. The van der Waals surface area contributed by atoms with Crippen LogP contribution >= 0.6 is 0 Å². The molecule has 220 valence electrons. The maximum atomic E-state index is 9.45. The van der Waals surface area contributed by atoms with Crippen LogP contribution in [0, 0.1) is 0 Å². The number of hydrogen-bond acceptors (Lipinski definition) is 3. The molecule has 7 aromatic carbocycles. The van der Waals surface area contributed by atoms with Gasteiger partial charge in [0.05, 0.1) is 48.4 Å². The zero-order valence-electron chi connectivity index (χ0n) is 50.4. The molecule has 1 aliphatic rings. The van der Waals surface area contributed by atoms with Crippen molar-refractivity contribution in [2.75, 3.05) is 0 Å². The first-order chi connectivity index (χ1) is 34.5. The van der Waals surface area contributed by atoms with Crippen molar-refractivity contribution in [2.45, 2.75) is 0 Å². The summed E-state index contributed by atoms with van der Waals surface area (Å²) >= 11 is 0. The van der Waals surface area contributed by atoms with Gasteiger partial charge in [-0.05, 0) is 57.4 Å². The molecule has 3 nitrogen and oxygen atoms in total. The second kappa shape index (κ2) is 11.2. The Morgan fingerprint density at radius 2 is 0.936 bits per heavy atom. The fourth-order valence-corrected chi connectivity index (χ4v) is 4.76. The minimum absolute atomic E-state index is 0.307. The summed E-state index contributed by atoms with van der Waals surface area (Å²) in [5.41, 5.74) is -7.22. The molecule has 0 bridgehead atoms. The van der Waals surface area contributed by atoms with Gasteiger partial charge in [0.15, 0.2) is 5.82 Å². The molecule has 1 aromatic heterocycles. The normalized spacial score (nSPS) is 19.6. The number of benzene rings is 7. The second-order valence-corrected chi connectivity index (χ2v) is 9.72. The highest BCUT2D eigenvalue weighted by atomic mass is 16.5. The summed E-state index contributed by atoms with van der Waals surface area (Å²) in [6.45, 7) is 0. The van der Waals surface area contributed by atoms with Gasteiger partial charge in [-0.3, -0.25) is 0 Å². The summed E-state index contributed by atoms with van der Waals surface area (Å²) in [5.74, 6) is -1.96. The maximum Gasteiger partial charge on any atom is 0.160 e. The highest BCUT2D eigenvalue weighted by Crippen LogP contribution is 2.47. The Morgan fingerprint density at radius 1 is 0.404 bits per heavy atom. The lowest BCUT2D eigenvalue weighted by Gasteiger charge is -2.22. The van der Waals surface area contributed by atoms with Gasteiger partial charge < -0.3 is 4.74 Å². The molecule has 0 saturated carbocycles. The lowest BCUT2D eigenvalue weighted by Crippen LogP contribution is -1.97. The van der Waals surface area contributed by atoms with Crippen LogP contribution in [0.2, 0.25) is 0 Å². The molecule has 0 N–H and O–H groups in total. The Hall–Kier alpha value is -6.32. The van der Waals surface area contributed by atoms with Crippen LogP contribution < -0.4 is 4.74 Å². The molecule has 8 aromatic rings. The molecule has 1 aliphatic heterocycles. The van der Waals surface area contributed by atoms with E-state index in [-0.39, 0.29) is 5.39 Å². The molecule has 0 amide bonds. The van der Waals surface area contributed by atoms with Gasteiger partial charge in [-0.2, -0.15) is 0 Å². The van der Waals surface area contributed by atoms with Crippen LogP contribution in [0.4, 0.5) is 0 Å². The van der Waals surface area contributed by atoms with Crippen molar-refractivity contribution in [3.05, 3.63) is 169 Å². The smallest absolute Gasteiger partial charge is 0.160 e. The molecule has 0 spiro atoms. The van der Waals surface area contributed by atoms with Crippen LogP contribution in [0.25, 0.3) is 78.1 Å². The predicted octanol–water partition coefficient (Wildman–Crippen LogP) is 11.7. The zero-order valence-corrected chi connectivity index (χ0v) is 23.4. The van der Waals surface area contributed by atoms with Crippen LogP contribution in [0.1, 0.15) is 37.0 Å². The van der Waals surface area contributed by atoms with Crippen molar-refractivity contribution < 1.29 is 41.7 Å². The van der Waals surface area contributed by atoms with Gasteiger partial charge >= 0.3 is 0 Å². The monoisotopic (exact) mass is 627 g/mol. The largest absolute Gasteiger partial charge is 0.456 e. The van der Waals surface area contributed by atoms with Gasteiger partial charge in [-0.15, -0.1) is 0 Å². The minimum Gasteiger partial charge on any atom is -0.456 e. The molecule has 0 aliphatic carbocycles. The van der Waals surface area contributed by atoms with Crippen molar-refractivity contribution in [1.82, 2.24) is 9.97 Å². The van der Waals surface area contributed by atoms with Gasteiger partial charge in [0.1, 0.15) is 11.5 Å². The number of aromatic nitrogens is 2. The summed E-state index contributed by atoms with van der Waals surface area (Å²) in [7, 11) is 0. The molecule has 2 heterocycles. The SMILES string of the molecule is [2H]c1c([2H])c([2H])c(-c2cc(-c3c([2H])c([2H])c(-c4c([2H])c([2H])c([2H])c([2H])c4[2H])c([2H])c3[2H])nc(-c3c([2H])c([2H])c(-c4c([2H])c([2H])c5c(c4[2H])-c4c([2H])c([2H])c([2H])c6c([2H])c([2H])c([2H])c(c46)O5)c([2H])c3[2H])n2)c([2H])c1[2H]. The average Bonchev–Trinajstić information content (AvgIpc) is 3.36. The first kappa shape index (κ1) is 11.2. The van der Waals surface area contributed by atoms with Crippen molar-refractivity contribution in [3.8, 4) is 78.8 Å². The fraction of sp³-hybridized carbons (Fsp3) is 0. The quantitative estimate of drug-likeness (QED) is 0.190. The highest BCUT2D eigenvalue weighted by Gasteiger charge is 2.20. The Bertz CT molecular complexity index is 3850. The third-order valence-electron chi connectivity index (χ3n) is 6.91. The third-order valence-corrected chi connectivity index (χ3v) is 6.91.